The first-order valence-electron chi connectivity index (χ1n) is 10.4. The van der Waals surface area contributed by atoms with E-state index in [1.54, 1.807) is 18.3 Å². The van der Waals surface area contributed by atoms with Gasteiger partial charge in [0.2, 0.25) is 0 Å². The van der Waals surface area contributed by atoms with Crippen molar-refractivity contribution >= 4 is 17.9 Å². The molecule has 32 heavy (non-hydrogen) atoms. The van der Waals surface area contributed by atoms with Gasteiger partial charge < -0.3 is 20.1 Å². The standard InChI is InChI=1S/C25H25N3O4/c1-28(2)23-16(8-7-13-26-23)14-22(24(29)30)27-25(31)32-15-21-19-11-5-3-9-17(19)18-10-4-6-12-20(18)21/h3-13,21-22H,14-15H2,1-2H3,(H,27,31)(H,29,30). The molecule has 1 aliphatic rings. The number of nitrogens with one attached hydrogen (secondary N) is 1. The van der Waals surface area contributed by atoms with Gasteiger partial charge in [0.15, 0.2) is 0 Å². The van der Waals surface area contributed by atoms with Crippen LogP contribution < -0.4 is 10.2 Å². The Hall–Kier alpha value is -3.87. The molecule has 7 nitrogen and oxygen atoms in total. The van der Waals surface area contributed by atoms with E-state index < -0.39 is 18.1 Å². The number of fused-ring (bicyclic) bond motifs is 3. The maximum atomic E-state index is 12.5. The topological polar surface area (TPSA) is 91.8 Å². The molecule has 0 fully saturated rings. The monoisotopic (exact) mass is 431 g/mol. The summed E-state index contributed by atoms with van der Waals surface area (Å²) in [6.07, 6.45) is 0.989. The fourth-order valence-corrected chi connectivity index (χ4v) is 4.19. The Bertz CT molecular complexity index is 1100. The number of benzene rings is 2. The van der Waals surface area contributed by atoms with E-state index in [4.69, 9.17) is 4.74 Å². The Kier molecular flexibility index (Phi) is 6.07. The predicted molar refractivity (Wildman–Crippen MR) is 122 cm³/mol. The lowest BCUT2D eigenvalue weighted by atomic mass is 9.98. The van der Waals surface area contributed by atoms with Crippen LogP contribution >= 0.6 is 0 Å². The molecule has 0 radical (unpaired) electrons. The number of rotatable bonds is 7. The number of alkyl carbamates (subject to hydrolysis) is 1. The van der Waals surface area contributed by atoms with Crippen LogP contribution in [-0.2, 0) is 16.0 Å². The van der Waals surface area contributed by atoms with Crippen LogP contribution in [0.25, 0.3) is 11.1 Å². The molecule has 0 bridgehead atoms. The number of nitrogens with zero attached hydrogens (tertiary/aromatic N) is 2. The molecule has 0 saturated heterocycles. The van der Waals surface area contributed by atoms with Crippen molar-refractivity contribution < 1.29 is 19.4 Å². The van der Waals surface area contributed by atoms with E-state index in [2.05, 4.69) is 22.4 Å². The van der Waals surface area contributed by atoms with Crippen molar-refractivity contribution in [3.63, 3.8) is 0 Å². The van der Waals surface area contributed by atoms with E-state index >= 15 is 0 Å². The van der Waals surface area contributed by atoms with Gasteiger partial charge in [0.25, 0.3) is 0 Å². The molecule has 1 aromatic heterocycles. The molecule has 2 N–H and O–H groups in total. The quantitative estimate of drug-likeness (QED) is 0.593. The van der Waals surface area contributed by atoms with Crippen LogP contribution in [0.2, 0.25) is 0 Å². The fraction of sp³-hybridized carbons (Fsp3) is 0.240. The van der Waals surface area contributed by atoms with E-state index in [1.165, 1.54) is 0 Å². The molecule has 7 heteroatoms. The Balaban J connectivity index is 1.45. The summed E-state index contributed by atoms with van der Waals surface area (Å²) in [5.74, 6) is -0.560. The predicted octanol–water partition coefficient (Wildman–Crippen LogP) is 3.68. The second-order valence-corrected chi connectivity index (χ2v) is 7.95. The summed E-state index contributed by atoms with van der Waals surface area (Å²) in [5, 5.41) is 12.1. The third kappa shape index (κ3) is 4.27. The van der Waals surface area contributed by atoms with Crippen molar-refractivity contribution in [2.75, 3.05) is 25.6 Å². The van der Waals surface area contributed by atoms with Gasteiger partial charge in [-0.15, -0.1) is 0 Å². The van der Waals surface area contributed by atoms with Crippen molar-refractivity contribution in [1.82, 2.24) is 10.3 Å². The molecular weight excluding hydrogens is 406 g/mol. The van der Waals surface area contributed by atoms with Crippen LogP contribution in [0.3, 0.4) is 0 Å². The van der Waals surface area contributed by atoms with Crippen molar-refractivity contribution in [3.8, 4) is 11.1 Å². The molecule has 1 atom stereocenters. The van der Waals surface area contributed by atoms with E-state index in [-0.39, 0.29) is 18.9 Å². The van der Waals surface area contributed by atoms with Gasteiger partial charge in [0.05, 0.1) is 0 Å². The maximum absolute atomic E-state index is 12.5. The summed E-state index contributed by atoms with van der Waals surface area (Å²) in [6.45, 7) is 0.127. The summed E-state index contributed by atoms with van der Waals surface area (Å²) in [6, 6.07) is 18.5. The van der Waals surface area contributed by atoms with Gasteiger partial charge in [-0.05, 0) is 33.9 Å². The second-order valence-electron chi connectivity index (χ2n) is 7.95. The molecule has 164 valence electrons. The maximum Gasteiger partial charge on any atom is 0.407 e. The number of ether oxygens (including phenoxy) is 1. The molecule has 1 aliphatic carbocycles. The largest absolute Gasteiger partial charge is 0.480 e. The van der Waals surface area contributed by atoms with Crippen LogP contribution in [0.15, 0.2) is 66.9 Å². The first-order valence-corrected chi connectivity index (χ1v) is 10.4. The lowest BCUT2D eigenvalue weighted by Gasteiger charge is -2.20. The number of aromatic nitrogens is 1. The van der Waals surface area contributed by atoms with Gasteiger partial charge in [-0.3, -0.25) is 0 Å². The third-order valence-electron chi connectivity index (χ3n) is 5.65. The fourth-order valence-electron chi connectivity index (χ4n) is 4.19. The Morgan fingerprint density at radius 1 is 1.03 bits per heavy atom. The van der Waals surface area contributed by atoms with E-state index in [1.807, 2.05) is 55.4 Å². The summed E-state index contributed by atoms with van der Waals surface area (Å²) < 4.78 is 5.50. The highest BCUT2D eigenvalue weighted by Crippen LogP contribution is 2.44. The number of aliphatic carboxylic acids is 1. The zero-order chi connectivity index (χ0) is 22.7. The Labute approximate surface area is 186 Å². The van der Waals surface area contributed by atoms with Crippen molar-refractivity contribution in [2.45, 2.75) is 18.4 Å². The van der Waals surface area contributed by atoms with Gasteiger partial charge in [-0.2, -0.15) is 0 Å². The third-order valence-corrected chi connectivity index (χ3v) is 5.65. The number of anilines is 1. The molecule has 1 heterocycles. The average Bonchev–Trinajstić information content (AvgIpc) is 3.11. The van der Waals surface area contributed by atoms with Gasteiger partial charge in [-0.1, -0.05) is 54.6 Å². The molecule has 0 saturated carbocycles. The molecule has 0 aliphatic heterocycles. The lowest BCUT2D eigenvalue weighted by molar-refractivity contribution is -0.139. The van der Waals surface area contributed by atoms with Crippen molar-refractivity contribution in [2.24, 2.45) is 0 Å². The number of amides is 1. The van der Waals surface area contributed by atoms with Crippen LogP contribution in [0.1, 0.15) is 22.6 Å². The number of carboxylic acid groups (broad SMARTS) is 1. The van der Waals surface area contributed by atoms with Gasteiger partial charge in [-0.25, -0.2) is 14.6 Å². The first-order chi connectivity index (χ1) is 15.5. The molecule has 4 rings (SSSR count). The number of carboxylic acids is 1. The Morgan fingerprint density at radius 2 is 1.66 bits per heavy atom. The smallest absolute Gasteiger partial charge is 0.407 e. The number of carbonyl (C=O) groups is 2. The number of hydrogen-bond acceptors (Lipinski definition) is 5. The average molecular weight is 431 g/mol. The summed E-state index contributed by atoms with van der Waals surface area (Å²) in [4.78, 5) is 30.4. The molecule has 0 spiro atoms. The molecule has 3 aromatic rings. The van der Waals surface area contributed by atoms with Crippen LogP contribution in [0.4, 0.5) is 10.6 Å². The van der Waals surface area contributed by atoms with E-state index in [0.717, 1.165) is 27.8 Å². The SMILES string of the molecule is CN(C)c1ncccc1CC(NC(=O)OCC1c2ccccc2-c2ccccc21)C(=O)O. The number of hydrogen-bond donors (Lipinski definition) is 2. The van der Waals surface area contributed by atoms with Crippen molar-refractivity contribution in [1.29, 1.82) is 0 Å². The van der Waals surface area contributed by atoms with Crippen LogP contribution in [0.5, 0.6) is 0 Å². The first kappa shape index (κ1) is 21.4. The van der Waals surface area contributed by atoms with Crippen LogP contribution in [-0.4, -0.2) is 48.9 Å². The highest BCUT2D eigenvalue weighted by Gasteiger charge is 2.30. The highest BCUT2D eigenvalue weighted by molar-refractivity contribution is 5.81. The van der Waals surface area contributed by atoms with Gasteiger partial charge in [0, 0.05) is 32.6 Å². The molecule has 1 amide bonds. The number of carbonyl (C=O) groups excluding carboxylic acids is 1. The normalized spacial score (nSPS) is 13.1. The second kappa shape index (κ2) is 9.09. The molecule has 2 aromatic carbocycles. The minimum absolute atomic E-state index is 0.0879. The van der Waals surface area contributed by atoms with Gasteiger partial charge in [0.1, 0.15) is 18.5 Å². The Morgan fingerprint density at radius 3 is 2.25 bits per heavy atom. The molecule has 1 unspecified atom stereocenters. The highest BCUT2D eigenvalue weighted by atomic mass is 16.5. The van der Waals surface area contributed by atoms with E-state index in [9.17, 15) is 14.7 Å². The molecular formula is C25H25N3O4. The zero-order valence-electron chi connectivity index (χ0n) is 18.0. The number of pyridine rings is 1. The summed E-state index contributed by atoms with van der Waals surface area (Å²) in [7, 11) is 3.67. The minimum atomic E-state index is -1.13. The zero-order valence-corrected chi connectivity index (χ0v) is 18.0. The minimum Gasteiger partial charge on any atom is -0.480 e. The summed E-state index contributed by atoms with van der Waals surface area (Å²) in [5.41, 5.74) is 5.19. The van der Waals surface area contributed by atoms with Crippen molar-refractivity contribution in [3.05, 3.63) is 83.6 Å². The van der Waals surface area contributed by atoms with E-state index in [0.29, 0.717) is 5.82 Å². The summed E-state index contributed by atoms with van der Waals surface area (Å²) >= 11 is 0. The van der Waals surface area contributed by atoms with Gasteiger partial charge >= 0.3 is 12.1 Å². The lowest BCUT2D eigenvalue weighted by Crippen LogP contribution is -2.43. The van der Waals surface area contributed by atoms with Crippen LogP contribution in [0, 0.1) is 0 Å².